The van der Waals surface area contributed by atoms with Gasteiger partial charge in [0.1, 0.15) is 0 Å². The zero-order valence-corrected chi connectivity index (χ0v) is 11.4. The molecule has 0 atom stereocenters. The van der Waals surface area contributed by atoms with Gasteiger partial charge in [-0.3, -0.25) is 9.59 Å². The summed E-state index contributed by atoms with van der Waals surface area (Å²) in [6.45, 7) is 1.15. The van der Waals surface area contributed by atoms with Crippen molar-refractivity contribution < 1.29 is 9.59 Å². The van der Waals surface area contributed by atoms with Crippen LogP contribution < -0.4 is 16.4 Å². The number of carbonyl (C=O) groups is 2. The van der Waals surface area contributed by atoms with E-state index < -0.39 is 11.8 Å². The van der Waals surface area contributed by atoms with E-state index in [-0.39, 0.29) is 0 Å². The molecule has 0 aromatic heterocycles. The number of hydrogen-bond acceptors (Lipinski definition) is 3. The van der Waals surface area contributed by atoms with E-state index in [4.69, 9.17) is 17.3 Å². The molecule has 4 N–H and O–H groups in total. The molecule has 0 fully saturated rings. The molecule has 0 aliphatic heterocycles. The standard InChI is InChI=1S/C13H18ClN3O2/c14-5-2-6-16-12(18)13(19)17-9-11-4-1-3-10(7-11)8-15/h1,3-4,7H,2,5-6,8-9,15H2,(H,16,18)(H,17,19). The Morgan fingerprint density at radius 1 is 1.16 bits per heavy atom. The maximum Gasteiger partial charge on any atom is 0.309 e. The lowest BCUT2D eigenvalue weighted by Crippen LogP contribution is -2.40. The van der Waals surface area contributed by atoms with E-state index in [1.165, 1.54) is 0 Å². The highest BCUT2D eigenvalue weighted by Gasteiger charge is 2.11. The number of carbonyl (C=O) groups excluding carboxylic acids is 2. The quantitative estimate of drug-likeness (QED) is 0.404. The Bertz CT molecular complexity index is 438. The van der Waals surface area contributed by atoms with Crippen molar-refractivity contribution in [3.63, 3.8) is 0 Å². The van der Waals surface area contributed by atoms with Crippen LogP contribution in [0.2, 0.25) is 0 Å². The molecule has 0 saturated heterocycles. The highest BCUT2D eigenvalue weighted by atomic mass is 35.5. The van der Waals surface area contributed by atoms with Crippen molar-refractivity contribution in [2.24, 2.45) is 5.73 Å². The zero-order chi connectivity index (χ0) is 14.1. The summed E-state index contributed by atoms with van der Waals surface area (Å²) in [5, 5.41) is 5.04. The van der Waals surface area contributed by atoms with Crippen molar-refractivity contribution in [3.8, 4) is 0 Å². The number of rotatable bonds is 6. The number of nitrogens with two attached hydrogens (primary N) is 1. The highest BCUT2D eigenvalue weighted by molar-refractivity contribution is 6.35. The monoisotopic (exact) mass is 283 g/mol. The number of benzene rings is 1. The van der Waals surface area contributed by atoms with Crippen LogP contribution in [0.1, 0.15) is 17.5 Å². The minimum absolute atomic E-state index is 0.301. The van der Waals surface area contributed by atoms with Crippen molar-refractivity contribution in [1.82, 2.24) is 10.6 Å². The Hall–Kier alpha value is -1.59. The predicted octanol–water partition coefficient (Wildman–Crippen LogP) is 0.507. The molecule has 0 aliphatic rings. The van der Waals surface area contributed by atoms with E-state index in [1.54, 1.807) is 0 Å². The van der Waals surface area contributed by atoms with Gasteiger partial charge < -0.3 is 16.4 Å². The van der Waals surface area contributed by atoms with Crippen LogP contribution in [0.4, 0.5) is 0 Å². The topological polar surface area (TPSA) is 84.2 Å². The van der Waals surface area contributed by atoms with Crippen molar-refractivity contribution >= 4 is 23.4 Å². The Kier molecular flexibility index (Phi) is 6.92. The number of amides is 2. The fraction of sp³-hybridized carbons (Fsp3) is 0.385. The van der Waals surface area contributed by atoms with Gasteiger partial charge in [0, 0.05) is 25.5 Å². The zero-order valence-electron chi connectivity index (χ0n) is 10.6. The Balaban J connectivity index is 2.38. The minimum Gasteiger partial charge on any atom is -0.348 e. The predicted molar refractivity (Wildman–Crippen MR) is 74.5 cm³/mol. The van der Waals surface area contributed by atoms with Crippen molar-refractivity contribution in [2.75, 3.05) is 12.4 Å². The SMILES string of the molecule is NCc1cccc(CNC(=O)C(=O)NCCCCl)c1. The largest absolute Gasteiger partial charge is 0.348 e. The first-order valence-corrected chi connectivity index (χ1v) is 6.60. The summed E-state index contributed by atoms with van der Waals surface area (Å²) in [5.41, 5.74) is 7.42. The molecule has 0 unspecified atom stereocenters. The molecule has 6 heteroatoms. The number of hydrogen-bond donors (Lipinski definition) is 3. The van der Waals surface area contributed by atoms with Crippen molar-refractivity contribution in [2.45, 2.75) is 19.5 Å². The highest BCUT2D eigenvalue weighted by Crippen LogP contribution is 2.03. The average molecular weight is 284 g/mol. The first-order valence-electron chi connectivity index (χ1n) is 6.07. The van der Waals surface area contributed by atoms with Gasteiger partial charge in [0.05, 0.1) is 0 Å². The maximum atomic E-state index is 11.5. The molecule has 19 heavy (non-hydrogen) atoms. The lowest BCUT2D eigenvalue weighted by Gasteiger charge is -2.07. The van der Waals surface area contributed by atoms with Crippen LogP contribution >= 0.6 is 11.6 Å². The van der Waals surface area contributed by atoms with E-state index >= 15 is 0 Å². The third-order valence-corrected chi connectivity index (χ3v) is 2.75. The molecule has 0 spiro atoms. The number of nitrogens with one attached hydrogen (secondary N) is 2. The summed E-state index contributed by atoms with van der Waals surface area (Å²) in [7, 11) is 0. The van der Waals surface area contributed by atoms with E-state index in [0.29, 0.717) is 31.9 Å². The number of halogens is 1. The average Bonchev–Trinajstić information content (AvgIpc) is 2.45. The Morgan fingerprint density at radius 3 is 2.53 bits per heavy atom. The minimum atomic E-state index is -0.646. The van der Waals surface area contributed by atoms with Gasteiger partial charge in [0.15, 0.2) is 0 Å². The fourth-order valence-corrected chi connectivity index (χ4v) is 1.61. The first-order chi connectivity index (χ1) is 9.17. The lowest BCUT2D eigenvalue weighted by atomic mass is 10.1. The van der Waals surface area contributed by atoms with Crippen LogP contribution in [0.15, 0.2) is 24.3 Å². The molecular weight excluding hydrogens is 266 g/mol. The molecule has 5 nitrogen and oxygen atoms in total. The van der Waals surface area contributed by atoms with Gasteiger partial charge in [-0.1, -0.05) is 24.3 Å². The van der Waals surface area contributed by atoms with Gasteiger partial charge in [-0.2, -0.15) is 0 Å². The van der Waals surface area contributed by atoms with Crippen LogP contribution in [0.5, 0.6) is 0 Å². The van der Waals surface area contributed by atoms with Gasteiger partial charge in [0.25, 0.3) is 0 Å². The summed E-state index contributed by atoms with van der Waals surface area (Å²) in [4.78, 5) is 22.9. The molecule has 1 aromatic carbocycles. The Labute approximate surface area is 117 Å². The smallest absolute Gasteiger partial charge is 0.309 e. The molecule has 104 valence electrons. The first kappa shape index (κ1) is 15.5. The van der Waals surface area contributed by atoms with E-state index in [9.17, 15) is 9.59 Å². The molecule has 0 bridgehead atoms. The molecular formula is C13H18ClN3O2. The summed E-state index contributed by atoms with van der Waals surface area (Å²) >= 11 is 5.47. The van der Waals surface area contributed by atoms with Gasteiger partial charge >= 0.3 is 11.8 Å². The number of alkyl halides is 1. The maximum absolute atomic E-state index is 11.5. The third-order valence-electron chi connectivity index (χ3n) is 2.48. The van der Waals surface area contributed by atoms with Crippen molar-refractivity contribution in [3.05, 3.63) is 35.4 Å². The van der Waals surface area contributed by atoms with E-state index in [0.717, 1.165) is 11.1 Å². The van der Waals surface area contributed by atoms with Crippen LogP contribution in [-0.2, 0) is 22.7 Å². The second kappa shape index (κ2) is 8.50. The summed E-state index contributed by atoms with van der Waals surface area (Å²) in [6, 6.07) is 7.53. The summed E-state index contributed by atoms with van der Waals surface area (Å²) in [6.07, 6.45) is 0.638. The summed E-state index contributed by atoms with van der Waals surface area (Å²) in [5.74, 6) is -0.832. The second-order valence-corrected chi connectivity index (χ2v) is 4.38. The third kappa shape index (κ3) is 5.72. The molecule has 0 aliphatic carbocycles. The molecule has 0 radical (unpaired) electrons. The van der Waals surface area contributed by atoms with Crippen molar-refractivity contribution in [1.29, 1.82) is 0 Å². The van der Waals surface area contributed by atoms with Crippen LogP contribution in [0.25, 0.3) is 0 Å². The van der Waals surface area contributed by atoms with E-state index in [2.05, 4.69) is 10.6 Å². The van der Waals surface area contributed by atoms with Gasteiger partial charge in [-0.15, -0.1) is 11.6 Å². The van der Waals surface area contributed by atoms with E-state index in [1.807, 2.05) is 24.3 Å². The Morgan fingerprint density at radius 2 is 1.84 bits per heavy atom. The molecule has 1 aromatic rings. The second-order valence-electron chi connectivity index (χ2n) is 4.01. The molecule has 0 heterocycles. The molecule has 1 rings (SSSR count). The van der Waals surface area contributed by atoms with Crippen LogP contribution in [0.3, 0.4) is 0 Å². The van der Waals surface area contributed by atoms with Crippen LogP contribution in [0, 0.1) is 0 Å². The normalized spacial score (nSPS) is 10.0. The van der Waals surface area contributed by atoms with Gasteiger partial charge in [0.2, 0.25) is 0 Å². The fourth-order valence-electron chi connectivity index (χ4n) is 1.48. The summed E-state index contributed by atoms with van der Waals surface area (Å²) < 4.78 is 0. The van der Waals surface area contributed by atoms with Gasteiger partial charge in [-0.05, 0) is 17.5 Å². The molecule has 0 saturated carbocycles. The van der Waals surface area contributed by atoms with Gasteiger partial charge in [-0.25, -0.2) is 0 Å². The van der Waals surface area contributed by atoms with Crippen LogP contribution in [-0.4, -0.2) is 24.2 Å². The molecule has 2 amide bonds. The lowest BCUT2D eigenvalue weighted by molar-refractivity contribution is -0.139.